The number of fused-ring (bicyclic) bond motifs is 20. The smallest absolute Gasteiger partial charge is 0.252 e. The predicted molar refractivity (Wildman–Crippen MR) is 363 cm³/mol. The van der Waals surface area contributed by atoms with Crippen molar-refractivity contribution in [1.82, 2.24) is 0 Å². The van der Waals surface area contributed by atoms with Gasteiger partial charge < -0.3 is 14.7 Å². The molecule has 0 N–H and O–H groups in total. The van der Waals surface area contributed by atoms with Crippen LogP contribution in [0, 0.1) is 19.8 Å². The first-order chi connectivity index (χ1) is 39.2. The van der Waals surface area contributed by atoms with Crippen molar-refractivity contribution in [1.29, 1.82) is 0 Å². The van der Waals surface area contributed by atoms with E-state index >= 15 is 0 Å². The summed E-state index contributed by atoms with van der Waals surface area (Å²) in [5, 5.41) is 5.39. The van der Waals surface area contributed by atoms with Gasteiger partial charge in [-0.15, -0.1) is 22.7 Å². The molecule has 2 aliphatic carbocycles. The molecule has 16 rings (SSSR count). The number of thiophene rings is 2. The third-order valence-electron chi connectivity index (χ3n) is 22.6. The second kappa shape index (κ2) is 16.5. The number of benzene rings is 8. The van der Waals surface area contributed by atoms with Gasteiger partial charge in [0.2, 0.25) is 0 Å². The predicted octanol–water partition coefficient (Wildman–Crippen LogP) is 20.3. The summed E-state index contributed by atoms with van der Waals surface area (Å²) in [6.07, 6.45) is 5.94. The molecule has 418 valence electrons. The summed E-state index contributed by atoms with van der Waals surface area (Å²) in [6.45, 7) is 39.1. The summed E-state index contributed by atoms with van der Waals surface area (Å²) in [4.78, 5) is 8.42. The summed E-state index contributed by atoms with van der Waals surface area (Å²) in [5.74, 6) is 0.521. The van der Waals surface area contributed by atoms with E-state index < -0.39 is 0 Å². The molecular formula is C77H80BN3S2. The Kier molecular flexibility index (Phi) is 10.4. The lowest BCUT2D eigenvalue weighted by molar-refractivity contribution is 0.0840. The van der Waals surface area contributed by atoms with E-state index in [0.717, 1.165) is 6.42 Å². The van der Waals surface area contributed by atoms with E-state index in [9.17, 15) is 0 Å². The van der Waals surface area contributed by atoms with E-state index in [0.29, 0.717) is 5.92 Å². The second-order valence-corrected chi connectivity index (χ2v) is 33.2. The topological polar surface area (TPSA) is 9.72 Å². The molecule has 0 spiro atoms. The average Bonchev–Trinajstić information content (AvgIpc) is 3.08. The summed E-state index contributed by atoms with van der Waals surface area (Å²) in [5.41, 5.74) is 26.2. The number of nitrogens with zero attached hydrogens (tertiary/aromatic N) is 3. The monoisotopic (exact) mass is 1120 g/mol. The molecule has 1 saturated carbocycles. The SMILES string of the molecule is Cc1cc2c3c(c1)N(c1cccc4c1sc1ccc(C(C)(C)C)cc14)c1c(ccc4c1sc1ccc(C(C)(C)C)cc14)B3c1ccc3cc1N2c1cc2c(cc1C)C(C)(C)CCC2(C)C1CCC2(C)c4cc(C(C)(C)C)ccc4N3C2(C)C1. The summed E-state index contributed by atoms with van der Waals surface area (Å²) < 4.78 is 5.39. The Hall–Kier alpha value is -6.34. The van der Waals surface area contributed by atoms with Crippen LogP contribution in [0.25, 0.3) is 40.3 Å². The van der Waals surface area contributed by atoms with Gasteiger partial charge in [-0.3, -0.25) is 0 Å². The van der Waals surface area contributed by atoms with E-state index in [1.54, 1.807) is 16.7 Å². The number of hydrogen-bond acceptors (Lipinski definition) is 5. The molecule has 0 amide bonds. The highest BCUT2D eigenvalue weighted by Crippen LogP contribution is 2.66. The molecule has 10 aromatic rings. The molecule has 8 aromatic carbocycles. The molecule has 2 aromatic heterocycles. The first-order valence-corrected chi connectivity index (χ1v) is 32.8. The lowest BCUT2D eigenvalue weighted by atomic mass is 9.33. The fourth-order valence-corrected chi connectivity index (χ4v) is 19.8. The van der Waals surface area contributed by atoms with E-state index in [2.05, 4.69) is 253 Å². The number of rotatable bonds is 1. The third kappa shape index (κ3) is 6.92. The van der Waals surface area contributed by atoms with Crippen LogP contribution in [0.1, 0.15) is 174 Å². The van der Waals surface area contributed by atoms with Crippen LogP contribution in [-0.4, -0.2) is 12.3 Å². The zero-order chi connectivity index (χ0) is 57.8. The molecule has 4 unspecified atom stereocenters. The average molecular weight is 1120 g/mol. The first-order valence-electron chi connectivity index (χ1n) is 31.1. The van der Waals surface area contributed by atoms with E-state index in [1.807, 2.05) is 22.7 Å². The van der Waals surface area contributed by atoms with E-state index in [4.69, 9.17) is 0 Å². The number of hydrogen-bond donors (Lipinski definition) is 0. The highest BCUT2D eigenvalue weighted by Gasteiger charge is 2.62. The van der Waals surface area contributed by atoms with Crippen molar-refractivity contribution in [2.75, 3.05) is 14.7 Å². The fourth-order valence-electron chi connectivity index (χ4n) is 17.4. The van der Waals surface area contributed by atoms with Crippen molar-refractivity contribution in [3.8, 4) is 0 Å². The molecule has 6 aliphatic rings. The van der Waals surface area contributed by atoms with Gasteiger partial charge in [-0.05, 0) is 213 Å². The molecule has 4 aliphatic heterocycles. The lowest BCUT2D eigenvalue weighted by Gasteiger charge is -2.58. The molecule has 6 heteroatoms. The van der Waals surface area contributed by atoms with Crippen LogP contribution in [0.3, 0.4) is 0 Å². The largest absolute Gasteiger partial charge is 0.334 e. The van der Waals surface area contributed by atoms with Crippen molar-refractivity contribution < 1.29 is 0 Å². The Morgan fingerprint density at radius 1 is 0.494 bits per heavy atom. The van der Waals surface area contributed by atoms with E-state index in [1.165, 1.54) is 156 Å². The molecule has 4 atom stereocenters. The van der Waals surface area contributed by atoms with Crippen molar-refractivity contribution in [3.05, 3.63) is 172 Å². The molecule has 83 heavy (non-hydrogen) atoms. The minimum absolute atomic E-state index is 0.00430. The molecule has 6 bridgehead atoms. The molecular weight excluding hydrogens is 1040 g/mol. The Bertz CT molecular complexity index is 4530. The quantitative estimate of drug-likeness (QED) is 0.152. The van der Waals surface area contributed by atoms with E-state index in [-0.39, 0.29) is 44.7 Å². The van der Waals surface area contributed by atoms with Crippen molar-refractivity contribution >= 4 is 132 Å². The van der Waals surface area contributed by atoms with Crippen LogP contribution < -0.4 is 31.1 Å². The lowest BCUT2D eigenvalue weighted by Crippen LogP contribution is -2.62. The maximum Gasteiger partial charge on any atom is 0.252 e. The Balaban J connectivity index is 1.03. The molecule has 0 saturated heterocycles. The Labute approximate surface area is 501 Å². The third-order valence-corrected chi connectivity index (χ3v) is 25.0. The summed E-state index contributed by atoms with van der Waals surface area (Å²) in [7, 11) is 0. The van der Waals surface area contributed by atoms with Gasteiger partial charge in [-0.1, -0.05) is 151 Å². The van der Waals surface area contributed by atoms with Crippen molar-refractivity contribution in [2.45, 2.75) is 181 Å². The maximum absolute atomic E-state index is 2.88. The normalized spacial score (nSPS) is 23.0. The zero-order valence-electron chi connectivity index (χ0n) is 52.0. The van der Waals surface area contributed by atoms with Gasteiger partial charge in [-0.2, -0.15) is 0 Å². The van der Waals surface area contributed by atoms with Gasteiger partial charge in [0, 0.05) is 70.5 Å². The summed E-state index contributed by atoms with van der Waals surface area (Å²) >= 11 is 3.95. The van der Waals surface area contributed by atoms with Gasteiger partial charge in [0.1, 0.15) is 0 Å². The Morgan fingerprint density at radius 3 is 1.81 bits per heavy atom. The van der Waals surface area contributed by atoms with Crippen LogP contribution in [0.15, 0.2) is 127 Å². The van der Waals surface area contributed by atoms with Crippen LogP contribution >= 0.6 is 22.7 Å². The maximum atomic E-state index is 2.88. The molecule has 0 radical (unpaired) electrons. The second-order valence-electron chi connectivity index (χ2n) is 31.1. The van der Waals surface area contributed by atoms with Crippen LogP contribution in [0.2, 0.25) is 0 Å². The van der Waals surface area contributed by atoms with Gasteiger partial charge in [0.25, 0.3) is 6.71 Å². The van der Waals surface area contributed by atoms with Crippen LogP contribution in [-0.2, 0) is 32.5 Å². The summed E-state index contributed by atoms with van der Waals surface area (Å²) in [6, 6.07) is 52.7. The van der Waals surface area contributed by atoms with Crippen molar-refractivity contribution in [3.63, 3.8) is 0 Å². The van der Waals surface area contributed by atoms with Gasteiger partial charge in [-0.25, -0.2) is 0 Å². The highest BCUT2D eigenvalue weighted by atomic mass is 32.1. The van der Waals surface area contributed by atoms with Gasteiger partial charge in [0.05, 0.1) is 26.3 Å². The molecule has 3 nitrogen and oxygen atoms in total. The highest BCUT2D eigenvalue weighted by molar-refractivity contribution is 7.27. The number of anilines is 8. The fraction of sp³-hybridized carbons (Fsp3) is 0.377. The van der Waals surface area contributed by atoms with Gasteiger partial charge in [0.15, 0.2) is 0 Å². The standard InChI is InChI=1S/C77H80BN3S2/c1-43-34-63-67-64(35-43)80(60-19-17-18-50-52-37-45(71(3,4)5)21-28-65(52)82-69(50)60)68-58(26-24-51-53-38-46(72(6,7)8)22-29-66(53)83-70(51)68)78(67)57-25-23-49-40-62(57)79(63)61-41-55-54(36-44(61)2)74(12,13)32-33-75(55,14)48-30-31-76(15)56-39-47(73(9,10)11)20-27-59(56)81(49)77(76,16)42-48/h17-29,34-41,48H,30-33,42H2,1-16H3. The number of aryl methyl sites for hydroxylation is 2. The zero-order valence-corrected chi connectivity index (χ0v) is 53.6. The minimum Gasteiger partial charge on any atom is -0.334 e. The van der Waals surface area contributed by atoms with Crippen molar-refractivity contribution in [2.24, 2.45) is 5.92 Å². The van der Waals surface area contributed by atoms with Crippen LogP contribution in [0.4, 0.5) is 45.5 Å². The Morgan fingerprint density at radius 2 is 1.12 bits per heavy atom. The minimum atomic E-state index is -0.160. The molecule has 6 heterocycles. The molecule has 1 fully saturated rings. The van der Waals surface area contributed by atoms with Gasteiger partial charge >= 0.3 is 0 Å². The van der Waals surface area contributed by atoms with Crippen LogP contribution in [0.5, 0.6) is 0 Å². The first kappa shape index (κ1) is 52.2.